The molecule has 0 aromatic heterocycles. The molecule has 0 spiro atoms. The van der Waals surface area contributed by atoms with E-state index < -0.39 is 29.5 Å². The molecule has 0 aliphatic carbocycles. The molecule has 0 unspecified atom stereocenters. The highest BCUT2D eigenvalue weighted by atomic mass is 19.4. The van der Waals surface area contributed by atoms with Crippen molar-refractivity contribution in [2.45, 2.75) is 64.8 Å². The topological polar surface area (TPSA) is 58.6 Å². The molecule has 0 heterocycles. The second-order valence-corrected chi connectivity index (χ2v) is 9.21. The van der Waals surface area contributed by atoms with Crippen LogP contribution in [0.5, 0.6) is 0 Å². The summed E-state index contributed by atoms with van der Waals surface area (Å²) in [6, 6.07) is 11.9. The number of nitrogens with one attached hydrogen (secondary N) is 1. The van der Waals surface area contributed by atoms with E-state index >= 15 is 0 Å². The van der Waals surface area contributed by atoms with Crippen molar-refractivity contribution in [2.24, 2.45) is 0 Å². The van der Waals surface area contributed by atoms with Gasteiger partial charge in [0.25, 0.3) is 0 Å². The summed E-state index contributed by atoms with van der Waals surface area (Å²) in [7, 11) is 1.56. The zero-order valence-corrected chi connectivity index (χ0v) is 20.3. The molecule has 0 aliphatic heterocycles. The largest absolute Gasteiger partial charge is 0.444 e. The van der Waals surface area contributed by atoms with Gasteiger partial charge in [-0.25, -0.2) is 4.79 Å². The third-order valence-corrected chi connectivity index (χ3v) is 5.23. The second-order valence-electron chi connectivity index (χ2n) is 9.21. The summed E-state index contributed by atoms with van der Waals surface area (Å²) in [5.74, 6) is -0.239. The predicted octanol–water partition coefficient (Wildman–Crippen LogP) is 6.07. The van der Waals surface area contributed by atoms with E-state index in [1.165, 1.54) is 17.0 Å². The summed E-state index contributed by atoms with van der Waals surface area (Å²) in [5.41, 5.74) is 1.15. The average molecular weight is 479 g/mol. The smallest absolute Gasteiger partial charge is 0.416 e. The lowest BCUT2D eigenvalue weighted by Crippen LogP contribution is -2.49. The molecule has 0 bridgehead atoms. The van der Waals surface area contributed by atoms with Gasteiger partial charge in [0.15, 0.2) is 0 Å². The van der Waals surface area contributed by atoms with Gasteiger partial charge in [-0.2, -0.15) is 13.2 Å². The number of amides is 2. The van der Waals surface area contributed by atoms with Crippen LogP contribution < -0.4 is 5.32 Å². The van der Waals surface area contributed by atoms with Gasteiger partial charge >= 0.3 is 12.3 Å². The summed E-state index contributed by atoms with van der Waals surface area (Å²) < 4.78 is 43.6. The molecule has 0 radical (unpaired) electrons. The van der Waals surface area contributed by atoms with Crippen LogP contribution in [0.1, 0.15) is 51.7 Å². The van der Waals surface area contributed by atoms with Crippen LogP contribution in [0.25, 0.3) is 11.1 Å². The average Bonchev–Trinajstić information content (AvgIpc) is 2.75. The maximum atomic E-state index is 12.7. The first kappa shape index (κ1) is 27.2. The van der Waals surface area contributed by atoms with Gasteiger partial charge in [-0.3, -0.25) is 9.69 Å². The Morgan fingerprint density at radius 3 is 1.97 bits per heavy atom. The standard InChI is InChI=1S/C26H33F3N2O3/c1-6-7-22(31(5)24(33)34-25(2,3)4)23(32)30-17-16-18-8-10-19(11-9-18)20-12-14-21(15-13-20)26(27,28)29/h8-15,22H,6-7,16-17H2,1-5H3,(H,30,32)/t22-/m0/s1. The monoisotopic (exact) mass is 478 g/mol. The molecule has 0 saturated heterocycles. The molecule has 2 amide bonds. The van der Waals surface area contributed by atoms with E-state index in [1.54, 1.807) is 27.8 Å². The molecule has 8 heteroatoms. The molecule has 0 aliphatic rings. The van der Waals surface area contributed by atoms with E-state index in [0.717, 1.165) is 29.7 Å². The van der Waals surface area contributed by atoms with E-state index in [2.05, 4.69) is 5.32 Å². The quantitative estimate of drug-likeness (QED) is 0.501. The minimum Gasteiger partial charge on any atom is -0.444 e. The maximum Gasteiger partial charge on any atom is 0.416 e. The molecular weight excluding hydrogens is 445 g/mol. The summed E-state index contributed by atoms with van der Waals surface area (Å²) in [4.78, 5) is 26.4. The number of carbonyl (C=O) groups excluding carboxylic acids is 2. The molecular formula is C26H33F3N2O3. The number of alkyl halides is 3. The van der Waals surface area contributed by atoms with Crippen molar-refractivity contribution in [1.29, 1.82) is 0 Å². The third-order valence-electron chi connectivity index (χ3n) is 5.23. The number of halogens is 3. The highest BCUT2D eigenvalue weighted by Crippen LogP contribution is 2.31. The Morgan fingerprint density at radius 2 is 1.50 bits per heavy atom. The molecule has 0 saturated carbocycles. The molecule has 2 aromatic carbocycles. The number of likely N-dealkylation sites (N-methyl/N-ethyl adjacent to an activating group) is 1. The summed E-state index contributed by atoms with van der Waals surface area (Å²) in [6.45, 7) is 7.66. The Hall–Kier alpha value is -3.03. The molecule has 1 atom stereocenters. The minimum absolute atomic E-state index is 0.239. The lowest BCUT2D eigenvalue weighted by molar-refractivity contribution is -0.137. The van der Waals surface area contributed by atoms with Crippen molar-refractivity contribution in [3.63, 3.8) is 0 Å². The van der Waals surface area contributed by atoms with Crippen LogP contribution in [-0.4, -0.2) is 42.1 Å². The SMILES string of the molecule is CCC[C@@H](C(=O)NCCc1ccc(-c2ccc(C(F)(F)F)cc2)cc1)N(C)C(=O)OC(C)(C)C. The Morgan fingerprint density at radius 1 is 0.971 bits per heavy atom. The first-order valence-corrected chi connectivity index (χ1v) is 11.3. The van der Waals surface area contributed by atoms with Crippen molar-refractivity contribution < 1.29 is 27.5 Å². The lowest BCUT2D eigenvalue weighted by Gasteiger charge is -2.30. The van der Waals surface area contributed by atoms with Crippen LogP contribution in [0.4, 0.5) is 18.0 Å². The fourth-order valence-electron chi connectivity index (χ4n) is 3.40. The zero-order valence-electron chi connectivity index (χ0n) is 20.3. The van der Waals surface area contributed by atoms with Crippen LogP contribution in [0, 0.1) is 0 Å². The summed E-state index contributed by atoms with van der Waals surface area (Å²) >= 11 is 0. The number of benzene rings is 2. The molecule has 1 N–H and O–H groups in total. The molecule has 2 rings (SSSR count). The van der Waals surface area contributed by atoms with E-state index in [4.69, 9.17) is 4.74 Å². The first-order chi connectivity index (χ1) is 15.8. The van der Waals surface area contributed by atoms with E-state index in [-0.39, 0.29) is 5.91 Å². The Kier molecular flexibility index (Phi) is 9.13. The highest BCUT2D eigenvalue weighted by molar-refractivity contribution is 5.85. The van der Waals surface area contributed by atoms with Crippen molar-refractivity contribution in [3.05, 3.63) is 59.7 Å². The van der Waals surface area contributed by atoms with Gasteiger partial charge in [-0.05, 0) is 62.4 Å². The fraction of sp³-hybridized carbons (Fsp3) is 0.462. The van der Waals surface area contributed by atoms with Gasteiger partial charge in [0, 0.05) is 13.6 Å². The van der Waals surface area contributed by atoms with E-state index in [0.29, 0.717) is 24.9 Å². The first-order valence-electron chi connectivity index (χ1n) is 11.3. The Labute approximate surface area is 199 Å². The molecule has 34 heavy (non-hydrogen) atoms. The van der Waals surface area contributed by atoms with Gasteiger partial charge in [-0.1, -0.05) is 49.7 Å². The van der Waals surface area contributed by atoms with Gasteiger partial charge in [-0.15, -0.1) is 0 Å². The van der Waals surface area contributed by atoms with Gasteiger partial charge in [0.05, 0.1) is 5.56 Å². The Bertz CT molecular complexity index is 949. The number of hydrogen-bond acceptors (Lipinski definition) is 3. The van der Waals surface area contributed by atoms with Gasteiger partial charge in [0.2, 0.25) is 5.91 Å². The number of ether oxygens (including phenoxy) is 1. The maximum absolute atomic E-state index is 12.7. The van der Waals surface area contributed by atoms with Crippen molar-refractivity contribution in [3.8, 4) is 11.1 Å². The van der Waals surface area contributed by atoms with Gasteiger partial charge < -0.3 is 10.1 Å². The third kappa shape index (κ3) is 8.08. The Balaban J connectivity index is 1.93. The molecule has 2 aromatic rings. The number of carbonyl (C=O) groups is 2. The van der Waals surface area contributed by atoms with Crippen molar-refractivity contribution >= 4 is 12.0 Å². The van der Waals surface area contributed by atoms with Gasteiger partial charge in [0.1, 0.15) is 11.6 Å². The fourth-order valence-corrected chi connectivity index (χ4v) is 3.40. The normalized spacial score (nSPS) is 12.7. The molecule has 186 valence electrons. The number of nitrogens with zero attached hydrogens (tertiary/aromatic N) is 1. The van der Waals surface area contributed by atoms with E-state index in [1.807, 2.05) is 31.2 Å². The second kappa shape index (κ2) is 11.4. The van der Waals surface area contributed by atoms with Crippen LogP contribution >= 0.6 is 0 Å². The lowest BCUT2D eigenvalue weighted by atomic mass is 10.0. The number of rotatable bonds is 8. The van der Waals surface area contributed by atoms with Crippen molar-refractivity contribution in [2.75, 3.05) is 13.6 Å². The summed E-state index contributed by atoms with van der Waals surface area (Å²) in [6.07, 6.45) is -3.07. The zero-order chi connectivity index (χ0) is 25.5. The van der Waals surface area contributed by atoms with Crippen molar-refractivity contribution in [1.82, 2.24) is 10.2 Å². The minimum atomic E-state index is -4.36. The van der Waals surface area contributed by atoms with E-state index in [9.17, 15) is 22.8 Å². The van der Waals surface area contributed by atoms with Crippen LogP contribution in [0.2, 0.25) is 0 Å². The number of hydrogen-bond donors (Lipinski definition) is 1. The summed E-state index contributed by atoms with van der Waals surface area (Å²) in [5, 5.41) is 2.89. The molecule has 0 fully saturated rings. The van der Waals surface area contributed by atoms with Crippen LogP contribution in [-0.2, 0) is 22.1 Å². The van der Waals surface area contributed by atoms with Crippen LogP contribution in [0.3, 0.4) is 0 Å². The molecule has 5 nitrogen and oxygen atoms in total. The van der Waals surface area contributed by atoms with Crippen LogP contribution in [0.15, 0.2) is 48.5 Å². The predicted molar refractivity (Wildman–Crippen MR) is 126 cm³/mol. The highest BCUT2D eigenvalue weighted by Gasteiger charge is 2.30.